The van der Waals surface area contributed by atoms with Crippen LogP contribution < -0.4 is 0 Å². The highest BCUT2D eigenvalue weighted by molar-refractivity contribution is 7.89. The number of nitrogens with zero attached hydrogens (tertiary/aromatic N) is 2. The molecule has 1 aromatic carbocycles. The first-order valence-electron chi connectivity index (χ1n) is 8.96. The summed E-state index contributed by atoms with van der Waals surface area (Å²) in [6, 6.07) is 5.17. The van der Waals surface area contributed by atoms with Crippen molar-refractivity contribution in [2.45, 2.75) is 50.0 Å². The van der Waals surface area contributed by atoms with E-state index in [2.05, 4.69) is 6.92 Å². The molecule has 0 N–H and O–H groups in total. The lowest BCUT2D eigenvalue weighted by Gasteiger charge is -2.38. The van der Waals surface area contributed by atoms with Gasteiger partial charge in [-0.05, 0) is 63.3 Å². The van der Waals surface area contributed by atoms with E-state index in [0.717, 1.165) is 31.5 Å². The SMILES string of the molecule is CC1CCCCN1C(=O)C1CCN(S(=O)(=O)c2ccc(F)cc2)CC1. The van der Waals surface area contributed by atoms with Crippen LogP contribution >= 0.6 is 0 Å². The number of carbonyl (C=O) groups is 1. The minimum atomic E-state index is -3.62. The molecular weight excluding hydrogens is 343 g/mol. The van der Waals surface area contributed by atoms with Gasteiger partial charge in [0.25, 0.3) is 0 Å². The van der Waals surface area contributed by atoms with E-state index in [4.69, 9.17) is 0 Å². The summed E-state index contributed by atoms with van der Waals surface area (Å²) in [6.07, 6.45) is 4.35. The zero-order valence-corrected chi connectivity index (χ0v) is 15.3. The number of sulfonamides is 1. The van der Waals surface area contributed by atoms with Gasteiger partial charge < -0.3 is 4.90 Å². The van der Waals surface area contributed by atoms with Crippen molar-refractivity contribution in [3.8, 4) is 0 Å². The molecule has 1 amide bonds. The van der Waals surface area contributed by atoms with Crippen LogP contribution in [0, 0.1) is 11.7 Å². The van der Waals surface area contributed by atoms with E-state index in [0.29, 0.717) is 25.9 Å². The summed E-state index contributed by atoms with van der Waals surface area (Å²) in [7, 11) is -3.62. The lowest BCUT2D eigenvalue weighted by atomic mass is 9.94. The number of carbonyl (C=O) groups excluding carboxylic acids is 1. The van der Waals surface area contributed by atoms with Gasteiger partial charge in [0.1, 0.15) is 5.82 Å². The number of halogens is 1. The van der Waals surface area contributed by atoms with Crippen molar-refractivity contribution in [1.82, 2.24) is 9.21 Å². The van der Waals surface area contributed by atoms with E-state index in [1.807, 2.05) is 4.90 Å². The van der Waals surface area contributed by atoms with Gasteiger partial charge >= 0.3 is 0 Å². The number of benzene rings is 1. The topological polar surface area (TPSA) is 57.7 Å². The molecule has 2 heterocycles. The molecule has 5 nitrogen and oxygen atoms in total. The Morgan fingerprint density at radius 1 is 1.04 bits per heavy atom. The van der Waals surface area contributed by atoms with Crippen LogP contribution in [0.3, 0.4) is 0 Å². The smallest absolute Gasteiger partial charge is 0.243 e. The summed E-state index contributed by atoms with van der Waals surface area (Å²) >= 11 is 0. The van der Waals surface area contributed by atoms with Crippen LogP contribution in [-0.2, 0) is 14.8 Å². The minimum Gasteiger partial charge on any atom is -0.340 e. The van der Waals surface area contributed by atoms with Crippen molar-refractivity contribution in [2.24, 2.45) is 5.92 Å². The van der Waals surface area contributed by atoms with Crippen LogP contribution in [0.1, 0.15) is 39.0 Å². The Morgan fingerprint density at radius 2 is 1.68 bits per heavy atom. The molecule has 2 aliphatic heterocycles. The Bertz CT molecular complexity index is 712. The van der Waals surface area contributed by atoms with Crippen molar-refractivity contribution in [1.29, 1.82) is 0 Å². The fourth-order valence-corrected chi connectivity index (χ4v) is 5.23. The molecule has 0 radical (unpaired) electrons. The Labute approximate surface area is 148 Å². The molecule has 0 bridgehead atoms. The second kappa shape index (κ2) is 7.41. The first-order chi connectivity index (χ1) is 11.9. The molecule has 1 unspecified atom stereocenters. The van der Waals surface area contributed by atoms with E-state index in [1.165, 1.54) is 22.9 Å². The van der Waals surface area contributed by atoms with Crippen LogP contribution in [0.4, 0.5) is 4.39 Å². The average Bonchev–Trinajstić information content (AvgIpc) is 2.62. The second-order valence-electron chi connectivity index (χ2n) is 7.01. The largest absolute Gasteiger partial charge is 0.340 e. The normalized spacial score (nSPS) is 23.6. The molecule has 1 atom stereocenters. The van der Waals surface area contributed by atoms with Crippen molar-refractivity contribution >= 4 is 15.9 Å². The van der Waals surface area contributed by atoms with Gasteiger partial charge in [-0.15, -0.1) is 0 Å². The summed E-state index contributed by atoms with van der Waals surface area (Å²) in [5.41, 5.74) is 0. The summed E-state index contributed by atoms with van der Waals surface area (Å²) < 4.78 is 39.7. The standard InChI is InChI=1S/C18H25FN2O3S/c1-14-4-2-3-11-21(14)18(22)15-9-12-20(13-10-15)25(23,24)17-7-5-16(19)6-8-17/h5-8,14-15H,2-4,9-13H2,1H3. The Morgan fingerprint density at radius 3 is 2.28 bits per heavy atom. The summed E-state index contributed by atoms with van der Waals surface area (Å²) in [6.45, 7) is 3.57. The fraction of sp³-hybridized carbons (Fsp3) is 0.611. The third kappa shape index (κ3) is 3.87. The highest BCUT2D eigenvalue weighted by Crippen LogP contribution is 2.27. The maximum Gasteiger partial charge on any atom is 0.243 e. The molecular formula is C18H25FN2O3S. The van der Waals surface area contributed by atoms with Gasteiger partial charge in [-0.1, -0.05) is 0 Å². The van der Waals surface area contributed by atoms with Crippen LogP contribution in [0.15, 0.2) is 29.2 Å². The molecule has 2 aliphatic rings. The van der Waals surface area contributed by atoms with E-state index >= 15 is 0 Å². The summed E-state index contributed by atoms with van der Waals surface area (Å²) in [4.78, 5) is 14.8. The van der Waals surface area contributed by atoms with Crippen molar-refractivity contribution in [2.75, 3.05) is 19.6 Å². The number of likely N-dealkylation sites (tertiary alicyclic amines) is 1. The average molecular weight is 368 g/mol. The Balaban J connectivity index is 1.63. The summed E-state index contributed by atoms with van der Waals surface area (Å²) in [5, 5.41) is 0. The predicted molar refractivity (Wildman–Crippen MR) is 92.9 cm³/mol. The molecule has 7 heteroatoms. The van der Waals surface area contributed by atoms with Gasteiger partial charge in [0.2, 0.25) is 15.9 Å². The molecule has 0 spiro atoms. The van der Waals surface area contributed by atoms with Crippen LogP contribution in [0.5, 0.6) is 0 Å². The van der Waals surface area contributed by atoms with Gasteiger partial charge in [-0.2, -0.15) is 4.31 Å². The number of rotatable bonds is 3. The van der Waals surface area contributed by atoms with Crippen molar-refractivity contribution in [3.05, 3.63) is 30.1 Å². The summed E-state index contributed by atoms with van der Waals surface area (Å²) in [5.74, 6) is -0.384. The molecule has 3 rings (SSSR count). The van der Waals surface area contributed by atoms with Crippen LogP contribution in [0.2, 0.25) is 0 Å². The molecule has 25 heavy (non-hydrogen) atoms. The van der Waals surface area contributed by atoms with Gasteiger partial charge in [0.05, 0.1) is 4.90 Å². The molecule has 1 aromatic rings. The number of hydrogen-bond donors (Lipinski definition) is 0. The van der Waals surface area contributed by atoms with Crippen LogP contribution in [0.25, 0.3) is 0 Å². The highest BCUT2D eigenvalue weighted by atomic mass is 32.2. The third-order valence-electron chi connectivity index (χ3n) is 5.34. The number of piperidine rings is 2. The molecule has 2 saturated heterocycles. The quantitative estimate of drug-likeness (QED) is 0.824. The third-order valence-corrected chi connectivity index (χ3v) is 7.25. The monoisotopic (exact) mass is 368 g/mol. The van der Waals surface area contributed by atoms with Crippen molar-refractivity contribution < 1.29 is 17.6 Å². The zero-order chi connectivity index (χ0) is 18.0. The molecule has 0 aliphatic carbocycles. The van der Waals surface area contributed by atoms with Gasteiger partial charge in [-0.3, -0.25) is 4.79 Å². The van der Waals surface area contributed by atoms with E-state index in [9.17, 15) is 17.6 Å². The lowest BCUT2D eigenvalue weighted by Crippen LogP contribution is -2.48. The number of hydrogen-bond acceptors (Lipinski definition) is 3. The maximum atomic E-state index is 13.0. The van der Waals surface area contributed by atoms with E-state index in [1.54, 1.807) is 0 Å². The first kappa shape index (κ1) is 18.3. The minimum absolute atomic E-state index is 0.0970. The molecule has 0 aromatic heterocycles. The highest BCUT2D eigenvalue weighted by Gasteiger charge is 2.35. The zero-order valence-electron chi connectivity index (χ0n) is 14.5. The van der Waals surface area contributed by atoms with Crippen molar-refractivity contribution in [3.63, 3.8) is 0 Å². The Kier molecular flexibility index (Phi) is 5.43. The Hall–Kier alpha value is -1.47. The molecule has 0 saturated carbocycles. The molecule has 2 fully saturated rings. The molecule has 138 valence electrons. The van der Waals surface area contributed by atoms with Gasteiger partial charge in [-0.25, -0.2) is 12.8 Å². The second-order valence-corrected chi connectivity index (χ2v) is 8.95. The maximum absolute atomic E-state index is 13.0. The number of amides is 1. The van der Waals surface area contributed by atoms with Gasteiger partial charge in [0, 0.05) is 31.6 Å². The van der Waals surface area contributed by atoms with E-state index < -0.39 is 15.8 Å². The fourth-order valence-electron chi connectivity index (χ4n) is 3.76. The lowest BCUT2D eigenvalue weighted by molar-refractivity contribution is -0.140. The van der Waals surface area contributed by atoms with Crippen LogP contribution in [-0.4, -0.2) is 49.2 Å². The van der Waals surface area contributed by atoms with E-state index in [-0.39, 0.29) is 22.8 Å². The first-order valence-corrected chi connectivity index (χ1v) is 10.4. The van der Waals surface area contributed by atoms with Gasteiger partial charge in [0.15, 0.2) is 0 Å². The predicted octanol–water partition coefficient (Wildman–Crippen LogP) is 2.63.